The third-order valence-corrected chi connectivity index (χ3v) is 6.43. The molecule has 10 N–H and O–H groups in total. The number of aliphatic hydroxyl groups is 8. The summed E-state index contributed by atoms with van der Waals surface area (Å²) >= 11 is 0. The lowest BCUT2D eigenvalue weighted by Crippen LogP contribution is -2.59. The monoisotopic (exact) mass is 542 g/mol. The van der Waals surface area contributed by atoms with Crippen LogP contribution in [0.2, 0.25) is 0 Å². The van der Waals surface area contributed by atoms with Gasteiger partial charge in [0.1, 0.15) is 48.8 Å². The van der Waals surface area contributed by atoms with E-state index < -0.39 is 74.6 Å². The minimum Gasteiger partial charge on any atom is -0.394 e. The van der Waals surface area contributed by atoms with E-state index in [1.807, 2.05) is 0 Å². The lowest BCUT2D eigenvalue weighted by atomic mass is 9.99. The van der Waals surface area contributed by atoms with E-state index in [1.165, 1.54) is 4.90 Å². The maximum absolute atomic E-state index is 12.8. The van der Waals surface area contributed by atoms with E-state index in [0.717, 1.165) is 12.8 Å². The summed E-state index contributed by atoms with van der Waals surface area (Å²) in [5.74, 6) is -0.230. The maximum atomic E-state index is 12.8. The highest BCUT2D eigenvalue weighted by atomic mass is 16.7. The van der Waals surface area contributed by atoms with Gasteiger partial charge in [-0.1, -0.05) is 6.42 Å². The van der Waals surface area contributed by atoms with E-state index in [0.29, 0.717) is 13.0 Å². The topological polar surface area (TPSA) is 245 Å². The first-order chi connectivity index (χ1) is 17.7. The zero-order valence-corrected chi connectivity index (χ0v) is 20.7. The molecule has 2 aliphatic heterocycles. The van der Waals surface area contributed by atoms with Crippen molar-refractivity contribution in [2.75, 3.05) is 46.1 Å². The molecule has 0 radical (unpaired) electrons. The van der Waals surface area contributed by atoms with E-state index >= 15 is 0 Å². The lowest BCUT2D eigenvalue weighted by molar-refractivity contribution is -0.303. The predicted octanol–water partition coefficient (Wildman–Crippen LogP) is -5.03. The van der Waals surface area contributed by atoms with Gasteiger partial charge in [0, 0.05) is 19.5 Å². The van der Waals surface area contributed by atoms with Gasteiger partial charge in [0.05, 0.1) is 26.4 Å². The Labute approximate surface area is 214 Å². The Hall–Kier alpha value is -1.05. The standard InChI is InChI=1S/C22H42N2O13/c23-5-3-1-2-4-14(27)24(6-8-34-21-19(32)17(30)15(28)12(10-25)36-21)7-9-35-22-20(33)18(31)16(29)13(11-26)37-22/h12-13,15-22,25-26,28-33H,1-11,23H2/t12-,13-,15-,16-,17+,18+,19+,20+,21+,22?/m1/s1. The van der Waals surface area contributed by atoms with Crippen molar-refractivity contribution < 1.29 is 64.6 Å². The number of nitrogens with zero attached hydrogens (tertiary/aromatic N) is 1. The van der Waals surface area contributed by atoms with Gasteiger partial charge < -0.3 is 70.4 Å². The number of aliphatic hydroxyl groups excluding tert-OH is 8. The lowest BCUT2D eigenvalue weighted by Gasteiger charge is -2.40. The van der Waals surface area contributed by atoms with Gasteiger partial charge in [-0.05, 0) is 19.4 Å². The van der Waals surface area contributed by atoms with Crippen molar-refractivity contribution in [3.8, 4) is 0 Å². The van der Waals surface area contributed by atoms with E-state index in [2.05, 4.69) is 0 Å². The van der Waals surface area contributed by atoms with Crippen molar-refractivity contribution >= 4 is 5.91 Å². The fourth-order valence-corrected chi connectivity index (χ4v) is 4.08. The van der Waals surface area contributed by atoms with Crippen LogP contribution in [-0.4, -0.2) is 159 Å². The fraction of sp³-hybridized carbons (Fsp3) is 0.955. The fourth-order valence-electron chi connectivity index (χ4n) is 4.08. The van der Waals surface area contributed by atoms with E-state index in [4.69, 9.17) is 24.7 Å². The zero-order valence-electron chi connectivity index (χ0n) is 20.7. The van der Waals surface area contributed by atoms with Crippen LogP contribution >= 0.6 is 0 Å². The van der Waals surface area contributed by atoms with Crippen molar-refractivity contribution in [3.63, 3.8) is 0 Å². The minimum atomic E-state index is -1.59. The van der Waals surface area contributed by atoms with Crippen LogP contribution in [0.15, 0.2) is 0 Å². The normalized spacial score (nSPS) is 36.5. The van der Waals surface area contributed by atoms with Crippen LogP contribution in [0, 0.1) is 0 Å². The molecule has 0 aromatic heterocycles. The number of unbranched alkanes of at least 4 members (excludes halogenated alkanes) is 2. The Kier molecular flexibility index (Phi) is 14.0. The second kappa shape index (κ2) is 16.1. The van der Waals surface area contributed by atoms with Gasteiger partial charge in [-0.25, -0.2) is 0 Å². The molecule has 2 heterocycles. The summed E-state index contributed by atoms with van der Waals surface area (Å²) in [6.45, 7) is -0.890. The summed E-state index contributed by atoms with van der Waals surface area (Å²) in [5.41, 5.74) is 5.49. The number of nitrogens with two attached hydrogens (primary N) is 1. The molecular formula is C22H42N2O13. The molecule has 2 fully saturated rings. The molecule has 2 rings (SSSR count). The third-order valence-electron chi connectivity index (χ3n) is 6.43. The van der Waals surface area contributed by atoms with E-state index in [-0.39, 0.29) is 38.6 Å². The number of carbonyl (C=O) groups excluding carboxylic acids is 1. The van der Waals surface area contributed by atoms with Crippen LogP contribution in [-0.2, 0) is 23.7 Å². The summed E-state index contributed by atoms with van der Waals surface area (Å²) in [5, 5.41) is 78.3. The largest absolute Gasteiger partial charge is 0.394 e. The number of carbonyl (C=O) groups is 1. The third kappa shape index (κ3) is 8.99. The van der Waals surface area contributed by atoms with Gasteiger partial charge in [0.2, 0.25) is 5.91 Å². The number of rotatable bonds is 15. The van der Waals surface area contributed by atoms with Crippen LogP contribution in [0.1, 0.15) is 25.7 Å². The number of hydrogen-bond donors (Lipinski definition) is 9. The summed E-state index contributed by atoms with van der Waals surface area (Å²) in [6, 6.07) is 0. The van der Waals surface area contributed by atoms with Crippen LogP contribution in [0.3, 0.4) is 0 Å². The number of ether oxygens (including phenoxy) is 4. The molecule has 0 saturated carbocycles. The summed E-state index contributed by atoms with van der Waals surface area (Å²) in [4.78, 5) is 14.2. The molecule has 37 heavy (non-hydrogen) atoms. The van der Waals surface area contributed by atoms with Crippen LogP contribution < -0.4 is 5.73 Å². The van der Waals surface area contributed by atoms with Gasteiger partial charge in [-0.15, -0.1) is 0 Å². The van der Waals surface area contributed by atoms with Gasteiger partial charge in [0.15, 0.2) is 12.6 Å². The molecule has 15 heteroatoms. The second-order valence-corrected chi connectivity index (χ2v) is 9.12. The SMILES string of the molecule is NCCCCCC(=O)N(CCOC1O[C@H](CO)[C@@H](O)[C@H](O)[C@@H]1O)CCO[C@H]1O[C@H](CO)[C@@H](O)[C@H](O)[C@@H]1O. The number of hydrogen-bond acceptors (Lipinski definition) is 14. The Morgan fingerprint density at radius 3 is 1.57 bits per heavy atom. The predicted molar refractivity (Wildman–Crippen MR) is 124 cm³/mol. The Balaban J connectivity index is 1.92. The van der Waals surface area contributed by atoms with Crippen LogP contribution in [0.25, 0.3) is 0 Å². The van der Waals surface area contributed by atoms with Crippen molar-refractivity contribution in [1.29, 1.82) is 0 Å². The molecule has 2 saturated heterocycles. The minimum absolute atomic E-state index is 0.0305. The molecule has 218 valence electrons. The highest BCUT2D eigenvalue weighted by Crippen LogP contribution is 2.23. The molecule has 0 spiro atoms. The molecule has 1 amide bonds. The molecular weight excluding hydrogens is 500 g/mol. The smallest absolute Gasteiger partial charge is 0.222 e. The Bertz CT molecular complexity index is 616. The van der Waals surface area contributed by atoms with Gasteiger partial charge in [-0.3, -0.25) is 4.79 Å². The average molecular weight is 543 g/mol. The summed E-state index contributed by atoms with van der Waals surface area (Å²) in [6.07, 6.45) is -12.0. The highest BCUT2D eigenvalue weighted by molar-refractivity contribution is 5.76. The molecule has 2 aliphatic rings. The highest BCUT2D eigenvalue weighted by Gasteiger charge is 2.45. The average Bonchev–Trinajstić information content (AvgIpc) is 2.89. The first kappa shape index (κ1) is 32.2. The Morgan fingerprint density at radius 1 is 0.703 bits per heavy atom. The van der Waals surface area contributed by atoms with Gasteiger partial charge in [0.25, 0.3) is 0 Å². The summed E-state index contributed by atoms with van der Waals surface area (Å²) < 4.78 is 21.5. The summed E-state index contributed by atoms with van der Waals surface area (Å²) in [7, 11) is 0. The van der Waals surface area contributed by atoms with Crippen LogP contribution in [0.5, 0.6) is 0 Å². The first-order valence-corrected chi connectivity index (χ1v) is 12.5. The van der Waals surface area contributed by atoms with E-state index in [9.17, 15) is 45.6 Å². The molecule has 0 bridgehead atoms. The Morgan fingerprint density at radius 2 is 1.16 bits per heavy atom. The van der Waals surface area contributed by atoms with E-state index in [1.54, 1.807) is 0 Å². The molecule has 1 unspecified atom stereocenters. The van der Waals surface area contributed by atoms with Crippen molar-refractivity contribution in [3.05, 3.63) is 0 Å². The maximum Gasteiger partial charge on any atom is 0.222 e. The van der Waals surface area contributed by atoms with Crippen LogP contribution in [0.4, 0.5) is 0 Å². The second-order valence-electron chi connectivity index (χ2n) is 9.12. The first-order valence-electron chi connectivity index (χ1n) is 12.5. The van der Waals surface area contributed by atoms with Gasteiger partial charge >= 0.3 is 0 Å². The molecule has 0 aromatic rings. The van der Waals surface area contributed by atoms with Gasteiger partial charge in [-0.2, -0.15) is 0 Å². The number of amides is 1. The molecule has 0 aromatic carbocycles. The van der Waals surface area contributed by atoms with Crippen molar-refractivity contribution in [1.82, 2.24) is 4.90 Å². The quantitative estimate of drug-likeness (QED) is 0.0880. The molecule has 10 atom stereocenters. The molecule has 0 aliphatic carbocycles. The zero-order chi connectivity index (χ0) is 27.5. The van der Waals surface area contributed by atoms with Crippen molar-refractivity contribution in [2.24, 2.45) is 5.73 Å². The van der Waals surface area contributed by atoms with Crippen molar-refractivity contribution in [2.45, 2.75) is 87.1 Å². The molecule has 15 nitrogen and oxygen atoms in total.